The van der Waals surface area contributed by atoms with Gasteiger partial charge in [-0.15, -0.1) is 10.2 Å². The van der Waals surface area contributed by atoms with Gasteiger partial charge in [-0.1, -0.05) is 0 Å². The fourth-order valence-corrected chi connectivity index (χ4v) is 1.50. The first-order valence-electron chi connectivity index (χ1n) is 4.78. The van der Waals surface area contributed by atoms with Crippen molar-refractivity contribution in [3.05, 3.63) is 11.6 Å². The van der Waals surface area contributed by atoms with Crippen LogP contribution in [0.3, 0.4) is 0 Å². The summed E-state index contributed by atoms with van der Waals surface area (Å²) in [6.07, 6.45) is -2.46. The van der Waals surface area contributed by atoms with Gasteiger partial charge in [-0.2, -0.15) is 8.78 Å². The van der Waals surface area contributed by atoms with Gasteiger partial charge in [-0.25, -0.2) is 8.78 Å². The van der Waals surface area contributed by atoms with Crippen LogP contribution in [-0.2, 0) is 12.5 Å². The lowest BCUT2D eigenvalue weighted by Gasteiger charge is -2.16. The van der Waals surface area contributed by atoms with Gasteiger partial charge >= 0.3 is 12.3 Å². The Balaban J connectivity index is 2.44. The molecule has 4 nitrogen and oxygen atoms in total. The molecule has 0 saturated heterocycles. The van der Waals surface area contributed by atoms with Crippen molar-refractivity contribution in [3.8, 4) is 0 Å². The predicted octanol–water partition coefficient (Wildman–Crippen LogP) is 1.43. The van der Waals surface area contributed by atoms with Crippen molar-refractivity contribution in [1.29, 1.82) is 0 Å². The highest BCUT2D eigenvalue weighted by molar-refractivity contribution is 5.08. The number of hydrogen-bond donors (Lipinski definition) is 1. The molecule has 0 unspecified atom stereocenters. The van der Waals surface area contributed by atoms with Gasteiger partial charge < -0.3 is 10.3 Å². The lowest BCUT2D eigenvalue weighted by atomic mass is 10.3. The molecule has 0 aromatic carbocycles. The second-order valence-electron chi connectivity index (χ2n) is 3.67. The molecule has 0 aliphatic heterocycles. The molecule has 0 atom stereocenters. The van der Waals surface area contributed by atoms with E-state index in [9.17, 15) is 17.6 Å². The van der Waals surface area contributed by atoms with Crippen LogP contribution in [0.15, 0.2) is 0 Å². The maximum absolute atomic E-state index is 13.2. The van der Waals surface area contributed by atoms with Crippen LogP contribution < -0.4 is 5.73 Å². The van der Waals surface area contributed by atoms with Gasteiger partial charge in [0.05, 0.1) is 6.54 Å². The molecule has 90 valence electrons. The molecule has 1 heterocycles. The highest BCUT2D eigenvalue weighted by Gasteiger charge is 2.49. The number of rotatable bonds is 4. The molecule has 1 saturated carbocycles. The van der Waals surface area contributed by atoms with Crippen molar-refractivity contribution in [3.63, 3.8) is 0 Å². The minimum atomic E-state index is -4.27. The van der Waals surface area contributed by atoms with E-state index in [4.69, 9.17) is 5.73 Å². The molecule has 0 amide bonds. The number of nitrogens with zero attached hydrogens (tertiary/aromatic N) is 3. The molecule has 2 rings (SSSR count). The topological polar surface area (TPSA) is 56.7 Å². The Kier molecular flexibility index (Phi) is 2.61. The molecule has 16 heavy (non-hydrogen) atoms. The minimum absolute atomic E-state index is 0.0944. The van der Waals surface area contributed by atoms with E-state index in [1.807, 2.05) is 0 Å². The zero-order chi connectivity index (χ0) is 11.9. The SMILES string of the molecule is NCc1nnc(C(F)(F)C(F)F)n1C1CC1. The molecule has 1 aliphatic carbocycles. The predicted molar refractivity (Wildman–Crippen MR) is 46.1 cm³/mol. The normalized spacial score (nSPS) is 17.1. The second-order valence-corrected chi connectivity index (χ2v) is 3.67. The monoisotopic (exact) mass is 238 g/mol. The standard InChI is InChI=1S/C8H10F4N4/c9-6(10)8(11,12)7-15-14-5(3-13)16(7)4-1-2-4/h4,6H,1-3,13H2. The molecule has 0 bridgehead atoms. The van der Waals surface area contributed by atoms with E-state index >= 15 is 0 Å². The number of alkyl halides is 4. The molecule has 1 aromatic rings. The van der Waals surface area contributed by atoms with E-state index in [1.165, 1.54) is 0 Å². The van der Waals surface area contributed by atoms with E-state index < -0.39 is 18.2 Å². The summed E-state index contributed by atoms with van der Waals surface area (Å²) in [5.41, 5.74) is 5.29. The molecule has 8 heteroatoms. The quantitative estimate of drug-likeness (QED) is 0.807. The van der Waals surface area contributed by atoms with Crippen LogP contribution in [-0.4, -0.2) is 21.2 Å². The second kappa shape index (κ2) is 3.69. The van der Waals surface area contributed by atoms with Crippen molar-refractivity contribution in [2.24, 2.45) is 5.73 Å². The molecular formula is C8H10F4N4. The van der Waals surface area contributed by atoms with E-state index in [2.05, 4.69) is 10.2 Å². The first kappa shape index (κ1) is 11.3. The van der Waals surface area contributed by atoms with E-state index in [0.717, 1.165) is 4.57 Å². The van der Waals surface area contributed by atoms with Gasteiger partial charge in [0.1, 0.15) is 5.82 Å². The van der Waals surface area contributed by atoms with Gasteiger partial charge in [-0.3, -0.25) is 0 Å². The summed E-state index contributed by atoms with van der Waals surface area (Å²) in [4.78, 5) is 0. The Hall–Kier alpha value is -1.18. The molecule has 1 aliphatic rings. The Morgan fingerprint density at radius 1 is 1.38 bits per heavy atom. The van der Waals surface area contributed by atoms with Crippen LogP contribution in [0.5, 0.6) is 0 Å². The van der Waals surface area contributed by atoms with Gasteiger partial charge in [0.15, 0.2) is 0 Å². The molecular weight excluding hydrogens is 228 g/mol. The Morgan fingerprint density at radius 2 is 2.00 bits per heavy atom. The van der Waals surface area contributed by atoms with Gasteiger partial charge in [0.2, 0.25) is 5.82 Å². The lowest BCUT2D eigenvalue weighted by Crippen LogP contribution is -2.28. The van der Waals surface area contributed by atoms with E-state index in [0.29, 0.717) is 12.8 Å². The van der Waals surface area contributed by atoms with Gasteiger partial charge in [0, 0.05) is 6.04 Å². The smallest absolute Gasteiger partial charge is 0.324 e. The summed E-state index contributed by atoms with van der Waals surface area (Å²) in [6, 6.07) is -0.215. The number of halogens is 4. The third kappa shape index (κ3) is 1.66. The van der Waals surface area contributed by atoms with E-state index in [-0.39, 0.29) is 18.4 Å². The summed E-state index contributed by atoms with van der Waals surface area (Å²) in [7, 11) is 0. The average Bonchev–Trinajstić information content (AvgIpc) is 2.96. The van der Waals surface area contributed by atoms with Crippen molar-refractivity contribution < 1.29 is 17.6 Å². The third-order valence-corrected chi connectivity index (χ3v) is 2.43. The highest BCUT2D eigenvalue weighted by Crippen LogP contribution is 2.41. The summed E-state index contributed by atoms with van der Waals surface area (Å²) in [6.45, 7) is -0.0944. The zero-order valence-electron chi connectivity index (χ0n) is 8.21. The third-order valence-electron chi connectivity index (χ3n) is 2.43. The van der Waals surface area contributed by atoms with Crippen LogP contribution >= 0.6 is 0 Å². The van der Waals surface area contributed by atoms with Crippen molar-refractivity contribution >= 4 is 0 Å². The Morgan fingerprint density at radius 3 is 2.44 bits per heavy atom. The molecule has 1 fully saturated rings. The first-order valence-corrected chi connectivity index (χ1v) is 4.78. The van der Waals surface area contributed by atoms with Crippen molar-refractivity contribution in [2.45, 2.75) is 37.8 Å². The van der Waals surface area contributed by atoms with Crippen LogP contribution in [0.1, 0.15) is 30.5 Å². The van der Waals surface area contributed by atoms with Crippen LogP contribution in [0.2, 0.25) is 0 Å². The summed E-state index contributed by atoms with van der Waals surface area (Å²) in [5.74, 6) is -5.13. The highest BCUT2D eigenvalue weighted by atomic mass is 19.3. The fraction of sp³-hybridized carbons (Fsp3) is 0.750. The van der Waals surface area contributed by atoms with Crippen LogP contribution in [0.4, 0.5) is 17.6 Å². The summed E-state index contributed by atoms with van der Waals surface area (Å²) < 4.78 is 51.8. The maximum Gasteiger partial charge on any atom is 0.365 e. The van der Waals surface area contributed by atoms with Gasteiger partial charge in [0.25, 0.3) is 0 Å². The zero-order valence-corrected chi connectivity index (χ0v) is 8.21. The number of aromatic nitrogens is 3. The molecule has 1 aromatic heterocycles. The number of hydrogen-bond acceptors (Lipinski definition) is 3. The van der Waals surface area contributed by atoms with E-state index in [1.54, 1.807) is 0 Å². The van der Waals surface area contributed by atoms with Crippen LogP contribution in [0, 0.1) is 0 Å². The van der Waals surface area contributed by atoms with Crippen LogP contribution in [0.25, 0.3) is 0 Å². The van der Waals surface area contributed by atoms with Crippen molar-refractivity contribution in [2.75, 3.05) is 0 Å². The Labute approximate surface area is 88.4 Å². The molecule has 0 spiro atoms. The average molecular weight is 238 g/mol. The lowest BCUT2D eigenvalue weighted by molar-refractivity contribution is -0.143. The fourth-order valence-electron chi connectivity index (χ4n) is 1.50. The van der Waals surface area contributed by atoms with Gasteiger partial charge in [-0.05, 0) is 12.8 Å². The molecule has 0 radical (unpaired) electrons. The molecule has 2 N–H and O–H groups in total. The maximum atomic E-state index is 13.2. The summed E-state index contributed by atoms with van der Waals surface area (Å²) in [5, 5.41) is 6.56. The number of nitrogens with two attached hydrogens (primary N) is 1. The largest absolute Gasteiger partial charge is 0.365 e. The minimum Gasteiger partial charge on any atom is -0.324 e. The first-order chi connectivity index (χ1) is 7.48. The Bertz CT molecular complexity index is 385. The summed E-state index contributed by atoms with van der Waals surface area (Å²) >= 11 is 0. The van der Waals surface area contributed by atoms with Crippen molar-refractivity contribution in [1.82, 2.24) is 14.8 Å².